The first-order valence-electron chi connectivity index (χ1n) is 6.98. The van der Waals surface area contributed by atoms with Crippen molar-refractivity contribution in [3.8, 4) is 0 Å². The molecule has 5 nitrogen and oxygen atoms in total. The number of thiophene rings is 1. The van der Waals surface area contributed by atoms with Crippen molar-refractivity contribution in [2.45, 2.75) is 25.8 Å². The lowest BCUT2D eigenvalue weighted by Gasteiger charge is -2.30. The minimum absolute atomic E-state index is 0. The van der Waals surface area contributed by atoms with Gasteiger partial charge in [-0.3, -0.25) is 9.59 Å². The van der Waals surface area contributed by atoms with Gasteiger partial charge in [-0.05, 0) is 30.3 Å². The van der Waals surface area contributed by atoms with Crippen molar-refractivity contribution in [3.05, 3.63) is 22.4 Å². The lowest BCUT2D eigenvalue weighted by Crippen LogP contribution is -2.50. The molecule has 0 radical (unpaired) electrons. The van der Waals surface area contributed by atoms with Crippen molar-refractivity contribution in [1.29, 1.82) is 0 Å². The zero-order valence-electron chi connectivity index (χ0n) is 12.1. The zero-order valence-corrected chi connectivity index (χ0v) is 13.7. The van der Waals surface area contributed by atoms with E-state index >= 15 is 0 Å². The predicted molar refractivity (Wildman–Crippen MR) is 87.1 cm³/mol. The van der Waals surface area contributed by atoms with Crippen molar-refractivity contribution >= 4 is 35.6 Å². The van der Waals surface area contributed by atoms with Crippen molar-refractivity contribution in [3.63, 3.8) is 0 Å². The molecule has 118 valence electrons. The van der Waals surface area contributed by atoms with Crippen LogP contribution >= 0.6 is 23.7 Å². The zero-order chi connectivity index (χ0) is 14.4. The number of hydrogen-bond donors (Lipinski definition) is 3. The normalized spacial score (nSPS) is 21.2. The Morgan fingerprint density at radius 3 is 2.95 bits per heavy atom. The standard InChI is InChI=1S/C14H21N3O2S.ClH/c1-10-4-6-15-9-11(10)17-13(18)5-7-16-14(19)12-3-2-8-20-12;/h2-3,8,10-11,15H,4-7,9H2,1H3,(H,16,19)(H,17,18);1H. The van der Waals surface area contributed by atoms with Crippen molar-refractivity contribution in [2.24, 2.45) is 5.92 Å². The Hall–Kier alpha value is -1.11. The van der Waals surface area contributed by atoms with E-state index in [0.717, 1.165) is 19.5 Å². The molecule has 1 saturated heterocycles. The summed E-state index contributed by atoms with van der Waals surface area (Å²) >= 11 is 1.40. The highest BCUT2D eigenvalue weighted by molar-refractivity contribution is 7.12. The molecule has 3 N–H and O–H groups in total. The summed E-state index contributed by atoms with van der Waals surface area (Å²) in [5.41, 5.74) is 0. The third kappa shape index (κ3) is 5.65. The Morgan fingerprint density at radius 2 is 2.29 bits per heavy atom. The molecule has 1 aliphatic rings. The first-order chi connectivity index (χ1) is 9.66. The molecule has 2 rings (SSSR count). The highest BCUT2D eigenvalue weighted by Crippen LogP contribution is 2.11. The predicted octanol–water partition coefficient (Wildman–Crippen LogP) is 1.40. The molecular formula is C14H22ClN3O2S. The van der Waals surface area contributed by atoms with E-state index in [4.69, 9.17) is 0 Å². The fourth-order valence-electron chi connectivity index (χ4n) is 2.25. The van der Waals surface area contributed by atoms with E-state index in [9.17, 15) is 9.59 Å². The summed E-state index contributed by atoms with van der Waals surface area (Å²) in [5.74, 6) is 0.387. The number of piperidine rings is 1. The maximum absolute atomic E-state index is 11.8. The average Bonchev–Trinajstić information content (AvgIpc) is 2.95. The lowest BCUT2D eigenvalue weighted by molar-refractivity contribution is -0.122. The molecule has 2 unspecified atom stereocenters. The van der Waals surface area contributed by atoms with Gasteiger partial charge in [-0.2, -0.15) is 0 Å². The third-order valence-electron chi connectivity index (χ3n) is 3.56. The molecule has 1 fully saturated rings. The van der Waals surface area contributed by atoms with Gasteiger partial charge in [0.05, 0.1) is 4.88 Å². The van der Waals surface area contributed by atoms with Gasteiger partial charge in [-0.25, -0.2) is 0 Å². The van der Waals surface area contributed by atoms with Crippen LogP contribution in [0.2, 0.25) is 0 Å². The molecule has 7 heteroatoms. The molecule has 0 aromatic carbocycles. The molecule has 0 aliphatic carbocycles. The molecule has 2 amide bonds. The lowest BCUT2D eigenvalue weighted by atomic mass is 9.95. The Balaban J connectivity index is 0.00000220. The van der Waals surface area contributed by atoms with Gasteiger partial charge in [-0.15, -0.1) is 23.7 Å². The highest BCUT2D eigenvalue weighted by atomic mass is 35.5. The van der Waals surface area contributed by atoms with E-state index in [0.29, 0.717) is 23.8 Å². The first-order valence-corrected chi connectivity index (χ1v) is 7.86. The van der Waals surface area contributed by atoms with E-state index < -0.39 is 0 Å². The number of rotatable bonds is 5. The number of amides is 2. The SMILES string of the molecule is CC1CCNCC1NC(=O)CCNC(=O)c1cccs1.Cl. The van der Waals surface area contributed by atoms with Crippen LogP contribution in [-0.2, 0) is 4.79 Å². The van der Waals surface area contributed by atoms with Crippen LogP contribution < -0.4 is 16.0 Å². The quantitative estimate of drug-likeness (QED) is 0.764. The van der Waals surface area contributed by atoms with Crippen LogP contribution in [0.1, 0.15) is 29.4 Å². The smallest absolute Gasteiger partial charge is 0.261 e. The number of carbonyl (C=O) groups excluding carboxylic acids is 2. The Labute approximate surface area is 135 Å². The number of carbonyl (C=O) groups is 2. The molecule has 0 spiro atoms. The van der Waals surface area contributed by atoms with Gasteiger partial charge in [0.1, 0.15) is 0 Å². The van der Waals surface area contributed by atoms with Crippen LogP contribution in [0.25, 0.3) is 0 Å². The monoisotopic (exact) mass is 331 g/mol. The molecule has 2 heterocycles. The summed E-state index contributed by atoms with van der Waals surface area (Å²) in [6.45, 7) is 4.38. The van der Waals surface area contributed by atoms with Gasteiger partial charge in [0.2, 0.25) is 5.91 Å². The third-order valence-corrected chi connectivity index (χ3v) is 4.43. The van der Waals surface area contributed by atoms with Gasteiger partial charge < -0.3 is 16.0 Å². The number of hydrogen-bond acceptors (Lipinski definition) is 4. The van der Waals surface area contributed by atoms with Gasteiger partial charge in [-0.1, -0.05) is 13.0 Å². The van der Waals surface area contributed by atoms with E-state index in [-0.39, 0.29) is 30.3 Å². The Bertz CT molecular complexity index is 453. The number of halogens is 1. The van der Waals surface area contributed by atoms with Gasteiger partial charge >= 0.3 is 0 Å². The second kappa shape index (κ2) is 9.02. The molecule has 1 aromatic rings. The van der Waals surface area contributed by atoms with Crippen LogP contribution in [0.5, 0.6) is 0 Å². The summed E-state index contributed by atoms with van der Waals surface area (Å²) in [7, 11) is 0. The summed E-state index contributed by atoms with van der Waals surface area (Å²) in [5, 5.41) is 10.9. The Kier molecular flexibility index (Phi) is 7.71. The highest BCUT2D eigenvalue weighted by Gasteiger charge is 2.22. The largest absolute Gasteiger partial charge is 0.352 e. The second-order valence-corrected chi connectivity index (χ2v) is 6.07. The molecule has 1 aromatic heterocycles. The van der Waals surface area contributed by atoms with Gasteiger partial charge in [0, 0.05) is 25.6 Å². The first kappa shape index (κ1) is 17.9. The topological polar surface area (TPSA) is 70.2 Å². The average molecular weight is 332 g/mol. The Morgan fingerprint density at radius 1 is 1.48 bits per heavy atom. The van der Waals surface area contributed by atoms with E-state index in [1.54, 1.807) is 6.07 Å². The van der Waals surface area contributed by atoms with Gasteiger partial charge in [0.25, 0.3) is 5.91 Å². The maximum atomic E-state index is 11.8. The minimum atomic E-state index is -0.111. The van der Waals surface area contributed by atoms with Crippen molar-refractivity contribution in [2.75, 3.05) is 19.6 Å². The summed E-state index contributed by atoms with van der Waals surface area (Å²) in [6.07, 6.45) is 1.40. The summed E-state index contributed by atoms with van der Waals surface area (Å²) < 4.78 is 0. The van der Waals surface area contributed by atoms with Crippen molar-refractivity contribution in [1.82, 2.24) is 16.0 Å². The van der Waals surface area contributed by atoms with Crippen LogP contribution in [-0.4, -0.2) is 37.5 Å². The van der Waals surface area contributed by atoms with Gasteiger partial charge in [0.15, 0.2) is 0 Å². The van der Waals surface area contributed by atoms with Crippen LogP contribution in [0.15, 0.2) is 17.5 Å². The summed E-state index contributed by atoms with van der Waals surface area (Å²) in [6, 6.07) is 3.81. The molecule has 0 saturated carbocycles. The molecule has 0 bridgehead atoms. The maximum Gasteiger partial charge on any atom is 0.261 e. The van der Waals surface area contributed by atoms with E-state index in [1.165, 1.54) is 11.3 Å². The summed E-state index contributed by atoms with van der Waals surface area (Å²) in [4.78, 5) is 24.2. The molecule has 2 atom stereocenters. The van der Waals surface area contributed by atoms with Crippen LogP contribution in [0.3, 0.4) is 0 Å². The minimum Gasteiger partial charge on any atom is -0.352 e. The van der Waals surface area contributed by atoms with E-state index in [2.05, 4.69) is 22.9 Å². The van der Waals surface area contributed by atoms with Crippen LogP contribution in [0, 0.1) is 5.92 Å². The molecule has 21 heavy (non-hydrogen) atoms. The molecule has 1 aliphatic heterocycles. The number of nitrogens with one attached hydrogen (secondary N) is 3. The molecular weight excluding hydrogens is 310 g/mol. The van der Waals surface area contributed by atoms with Crippen molar-refractivity contribution < 1.29 is 9.59 Å². The van der Waals surface area contributed by atoms with Crippen LogP contribution in [0.4, 0.5) is 0 Å². The second-order valence-electron chi connectivity index (χ2n) is 5.13. The fraction of sp³-hybridized carbons (Fsp3) is 0.571. The fourth-order valence-corrected chi connectivity index (χ4v) is 2.89. The van der Waals surface area contributed by atoms with E-state index in [1.807, 2.05) is 11.4 Å².